The monoisotopic (exact) mass is 954 g/mol. The van der Waals surface area contributed by atoms with Gasteiger partial charge >= 0.3 is 0 Å². The third-order valence-electron chi connectivity index (χ3n) is 15.3. The summed E-state index contributed by atoms with van der Waals surface area (Å²) >= 11 is 0. The fourth-order valence-electron chi connectivity index (χ4n) is 10.9. The Bertz CT molecular complexity index is 3420. The summed E-state index contributed by atoms with van der Waals surface area (Å²) in [6.07, 6.45) is 8.40. The van der Waals surface area contributed by atoms with Gasteiger partial charge in [0.1, 0.15) is 0 Å². The zero-order valence-corrected chi connectivity index (χ0v) is 42.5. The summed E-state index contributed by atoms with van der Waals surface area (Å²) in [5, 5.41) is 0. The molecule has 10 aromatic carbocycles. The molecule has 0 atom stereocenters. The molecule has 12 rings (SSSR count). The Morgan fingerprint density at radius 1 is 0.405 bits per heavy atom. The van der Waals surface area contributed by atoms with Crippen molar-refractivity contribution in [1.82, 2.24) is 0 Å². The lowest BCUT2D eigenvalue weighted by Crippen LogP contribution is -2.12. The molecule has 0 bridgehead atoms. The summed E-state index contributed by atoms with van der Waals surface area (Å²) in [6, 6.07) is 94.2. The maximum absolute atomic E-state index is 2.44. The van der Waals surface area contributed by atoms with Crippen LogP contribution in [0.25, 0.3) is 22.8 Å². The van der Waals surface area contributed by atoms with E-state index in [4.69, 9.17) is 0 Å². The van der Waals surface area contributed by atoms with E-state index in [1.165, 1.54) is 110 Å². The van der Waals surface area contributed by atoms with Crippen LogP contribution in [-0.4, -0.2) is 0 Å². The van der Waals surface area contributed by atoms with Crippen molar-refractivity contribution < 1.29 is 0 Å². The van der Waals surface area contributed by atoms with Gasteiger partial charge in [-0.1, -0.05) is 182 Å². The van der Waals surface area contributed by atoms with Gasteiger partial charge in [0.15, 0.2) is 0 Å². The van der Waals surface area contributed by atoms with Crippen LogP contribution in [0.4, 0.5) is 34.1 Å². The molecule has 2 aliphatic carbocycles. The Morgan fingerprint density at radius 2 is 0.770 bits per heavy atom. The van der Waals surface area contributed by atoms with Crippen LogP contribution in [-0.2, 0) is 6.42 Å². The van der Waals surface area contributed by atoms with Crippen molar-refractivity contribution in [2.75, 3.05) is 9.80 Å². The molecule has 0 N–H and O–H groups in total. The van der Waals surface area contributed by atoms with Crippen molar-refractivity contribution in [2.24, 2.45) is 0 Å². The normalized spacial score (nSPS) is 13.1. The van der Waals surface area contributed by atoms with Crippen LogP contribution in [0, 0.1) is 13.8 Å². The highest BCUT2D eigenvalue weighted by Gasteiger charge is 2.26. The zero-order chi connectivity index (χ0) is 49.8. The van der Waals surface area contributed by atoms with Crippen LogP contribution in [0.2, 0.25) is 0 Å². The molecule has 2 aliphatic rings. The number of benzene rings is 10. The summed E-state index contributed by atoms with van der Waals surface area (Å²) < 4.78 is 0. The maximum atomic E-state index is 2.44. The number of aryl methyl sites for hydroxylation is 2. The number of nitrogens with zero attached hydrogens (tertiary/aromatic N) is 2. The second-order valence-corrected chi connectivity index (χ2v) is 20.5. The van der Waals surface area contributed by atoms with Crippen LogP contribution >= 0.6 is 0 Å². The highest BCUT2D eigenvalue weighted by atomic mass is 15.1. The van der Waals surface area contributed by atoms with Gasteiger partial charge in [-0.15, -0.1) is 0 Å². The van der Waals surface area contributed by atoms with E-state index in [1.54, 1.807) is 0 Å². The Labute approximate surface area is 438 Å². The molecule has 0 amide bonds. The fourth-order valence-corrected chi connectivity index (χ4v) is 10.9. The van der Waals surface area contributed by atoms with E-state index in [0.29, 0.717) is 11.8 Å². The minimum Gasteiger partial charge on any atom is -0.310 e. The minimum atomic E-state index is 0.275. The van der Waals surface area contributed by atoms with Gasteiger partial charge in [0.2, 0.25) is 0 Å². The van der Waals surface area contributed by atoms with Crippen molar-refractivity contribution in [1.29, 1.82) is 0 Å². The van der Waals surface area contributed by atoms with Crippen molar-refractivity contribution in [3.8, 4) is 11.1 Å². The highest BCUT2D eigenvalue weighted by Crippen LogP contribution is 2.45. The summed E-state index contributed by atoms with van der Waals surface area (Å²) in [7, 11) is 0. The SMILES string of the molecule is Cc1cc(-c2ccc(N(c3ccc(CC(c4ccccc4)c4ccccc4)cc3)c3ccc(C4CC4)cc3)c(C)c2)ccc1N(c1ccc(C=C(c2ccccc2)c2ccccc2)cc1)c1ccc(C2CC2)cc1. The molecular formula is C72H62N2. The Morgan fingerprint density at radius 3 is 1.15 bits per heavy atom. The Kier molecular flexibility index (Phi) is 13.2. The average molecular weight is 955 g/mol. The van der Waals surface area contributed by atoms with E-state index in [9.17, 15) is 0 Å². The standard InChI is InChI=1S/C72H62N2/c1-51-47-63(35-45-71(51)73(67-41-31-57(32-42-67)55-27-28-55)65-37-23-53(24-38-65)49-69(59-15-7-3-8-16-59)60-17-9-4-10-18-60)64-36-46-72(52(2)48-64)74(68-43-33-58(34-44-68)56-29-30-56)66-39-25-54(26-40-66)50-70(61-19-11-5-12-20-61)62-21-13-6-14-22-62/h3-26,31-49,55-56,70H,27-30,50H2,1-2H3. The van der Waals surface area contributed by atoms with E-state index in [0.717, 1.165) is 29.0 Å². The van der Waals surface area contributed by atoms with Crippen molar-refractivity contribution >= 4 is 45.8 Å². The number of rotatable bonds is 16. The highest BCUT2D eigenvalue weighted by molar-refractivity contribution is 5.92. The topological polar surface area (TPSA) is 6.48 Å². The Hall–Kier alpha value is -8.46. The molecule has 0 heterocycles. The van der Waals surface area contributed by atoms with Gasteiger partial charge < -0.3 is 9.80 Å². The molecule has 2 saturated carbocycles. The van der Waals surface area contributed by atoms with Gasteiger partial charge in [-0.25, -0.2) is 0 Å². The minimum absolute atomic E-state index is 0.275. The summed E-state index contributed by atoms with van der Waals surface area (Å²) in [6.45, 7) is 4.52. The number of anilines is 6. The molecule has 0 aromatic heterocycles. The van der Waals surface area contributed by atoms with E-state index in [-0.39, 0.29) is 5.92 Å². The molecule has 2 heteroatoms. The van der Waals surface area contributed by atoms with Gasteiger partial charge in [0.05, 0.1) is 0 Å². The predicted molar refractivity (Wildman–Crippen MR) is 313 cm³/mol. The molecule has 10 aromatic rings. The Balaban J connectivity index is 0.855. The maximum Gasteiger partial charge on any atom is 0.0491 e. The fraction of sp³-hybridized carbons (Fsp3) is 0.139. The second-order valence-electron chi connectivity index (χ2n) is 20.5. The van der Waals surface area contributed by atoms with Crippen molar-refractivity contribution in [3.63, 3.8) is 0 Å². The van der Waals surface area contributed by atoms with Gasteiger partial charge in [0, 0.05) is 40.0 Å². The van der Waals surface area contributed by atoms with E-state index < -0.39 is 0 Å². The molecule has 0 spiro atoms. The summed E-state index contributed by atoms with van der Waals surface area (Å²) in [5.74, 6) is 1.68. The third kappa shape index (κ3) is 10.3. The molecule has 0 radical (unpaired) electrons. The third-order valence-corrected chi connectivity index (χ3v) is 15.3. The molecule has 0 aliphatic heterocycles. The smallest absolute Gasteiger partial charge is 0.0491 e. The van der Waals surface area contributed by atoms with Gasteiger partial charge in [-0.2, -0.15) is 0 Å². The second kappa shape index (κ2) is 20.9. The van der Waals surface area contributed by atoms with E-state index in [1.807, 2.05) is 0 Å². The quantitative estimate of drug-likeness (QED) is 0.0891. The first kappa shape index (κ1) is 46.6. The first-order valence-corrected chi connectivity index (χ1v) is 26.6. The average Bonchev–Trinajstić information content (AvgIpc) is 4.41. The predicted octanol–water partition coefficient (Wildman–Crippen LogP) is 19.6. The molecule has 0 unspecified atom stereocenters. The van der Waals surface area contributed by atoms with Crippen LogP contribution in [0.15, 0.2) is 255 Å². The summed E-state index contributed by atoms with van der Waals surface area (Å²) in [5.41, 5.74) is 23.5. The van der Waals surface area contributed by atoms with Gasteiger partial charge in [-0.3, -0.25) is 0 Å². The first-order chi connectivity index (χ1) is 36.5. The van der Waals surface area contributed by atoms with Crippen LogP contribution < -0.4 is 9.80 Å². The molecular weight excluding hydrogens is 893 g/mol. The number of hydrogen-bond donors (Lipinski definition) is 0. The molecule has 0 saturated heterocycles. The molecule has 2 nitrogen and oxygen atoms in total. The summed E-state index contributed by atoms with van der Waals surface area (Å²) in [4.78, 5) is 4.87. The van der Waals surface area contributed by atoms with Gasteiger partial charge in [-0.05, 0) is 209 Å². The molecule has 2 fully saturated rings. The lowest BCUT2D eigenvalue weighted by molar-refractivity contribution is 0.805. The first-order valence-electron chi connectivity index (χ1n) is 26.6. The lowest BCUT2D eigenvalue weighted by atomic mass is 9.86. The van der Waals surface area contributed by atoms with E-state index in [2.05, 4.69) is 285 Å². The lowest BCUT2D eigenvalue weighted by Gasteiger charge is -2.28. The van der Waals surface area contributed by atoms with Crippen molar-refractivity contribution in [3.05, 3.63) is 310 Å². The van der Waals surface area contributed by atoms with Crippen LogP contribution in [0.5, 0.6) is 0 Å². The largest absolute Gasteiger partial charge is 0.310 e. The zero-order valence-electron chi connectivity index (χ0n) is 42.5. The van der Waals surface area contributed by atoms with Crippen molar-refractivity contribution in [2.45, 2.75) is 63.7 Å². The van der Waals surface area contributed by atoms with Crippen LogP contribution in [0.1, 0.15) is 99.1 Å². The molecule has 74 heavy (non-hydrogen) atoms. The van der Waals surface area contributed by atoms with Crippen LogP contribution in [0.3, 0.4) is 0 Å². The number of hydrogen-bond acceptors (Lipinski definition) is 2. The van der Waals surface area contributed by atoms with Gasteiger partial charge in [0.25, 0.3) is 0 Å². The molecule has 360 valence electrons. The van der Waals surface area contributed by atoms with E-state index >= 15 is 0 Å².